The fraction of sp³-hybridized carbons (Fsp3) is 0.333. The minimum atomic E-state index is -0.533. The second-order valence-corrected chi connectivity index (χ2v) is 3.08. The Balaban J connectivity index is 2.39. The summed E-state index contributed by atoms with van der Waals surface area (Å²) < 4.78 is 12.8. The van der Waals surface area contributed by atoms with E-state index in [2.05, 4.69) is 5.18 Å². The largest absolute Gasteiger partial charge is 0.204 e. The molecule has 0 heterocycles. The van der Waals surface area contributed by atoms with Crippen LogP contribution in [0.15, 0.2) is 23.4 Å². The van der Waals surface area contributed by atoms with Gasteiger partial charge in [0.15, 0.2) is 5.82 Å². The lowest BCUT2D eigenvalue weighted by molar-refractivity contribution is 0.629. The summed E-state index contributed by atoms with van der Waals surface area (Å²) in [5.41, 5.74) is 0.963. The molecule has 1 aliphatic rings. The average Bonchev–Trinajstić information content (AvgIpc) is 2.88. The summed E-state index contributed by atoms with van der Waals surface area (Å²) in [6.45, 7) is 0. The number of nitroso groups, excluding NO2 is 1. The molecule has 1 fully saturated rings. The monoisotopic (exact) mass is 165 g/mol. The molecular weight excluding hydrogens is 157 g/mol. The fourth-order valence-electron chi connectivity index (χ4n) is 1.27. The molecule has 0 saturated heterocycles. The van der Waals surface area contributed by atoms with E-state index in [1.54, 1.807) is 12.1 Å². The van der Waals surface area contributed by atoms with Crippen LogP contribution >= 0.6 is 0 Å². The first kappa shape index (κ1) is 7.40. The molecule has 1 saturated carbocycles. The van der Waals surface area contributed by atoms with Crippen LogP contribution < -0.4 is 0 Å². The normalized spacial score (nSPS) is 16.1. The van der Waals surface area contributed by atoms with Crippen LogP contribution in [0.2, 0.25) is 0 Å². The van der Waals surface area contributed by atoms with Crippen molar-refractivity contribution in [2.45, 2.75) is 18.8 Å². The molecule has 0 spiro atoms. The number of rotatable bonds is 2. The van der Waals surface area contributed by atoms with Gasteiger partial charge in [-0.3, -0.25) is 0 Å². The van der Waals surface area contributed by atoms with Crippen LogP contribution in [0.25, 0.3) is 0 Å². The van der Waals surface area contributed by atoms with Crippen LogP contribution in [-0.4, -0.2) is 0 Å². The lowest BCUT2D eigenvalue weighted by atomic mass is 10.1. The van der Waals surface area contributed by atoms with Gasteiger partial charge >= 0.3 is 0 Å². The summed E-state index contributed by atoms with van der Waals surface area (Å²) in [4.78, 5) is 10.1. The van der Waals surface area contributed by atoms with Crippen molar-refractivity contribution in [3.63, 3.8) is 0 Å². The molecular formula is C9H8FNO. The molecule has 1 aromatic carbocycles. The van der Waals surface area contributed by atoms with E-state index in [9.17, 15) is 9.30 Å². The quantitative estimate of drug-likeness (QED) is 0.619. The zero-order valence-corrected chi connectivity index (χ0v) is 6.46. The molecule has 12 heavy (non-hydrogen) atoms. The van der Waals surface area contributed by atoms with Gasteiger partial charge in [-0.15, -0.1) is 4.91 Å². The summed E-state index contributed by atoms with van der Waals surface area (Å²) in [5, 5.41) is 2.62. The second kappa shape index (κ2) is 2.66. The van der Waals surface area contributed by atoms with Gasteiger partial charge in [0, 0.05) is 0 Å². The van der Waals surface area contributed by atoms with Crippen molar-refractivity contribution >= 4 is 5.69 Å². The second-order valence-electron chi connectivity index (χ2n) is 3.08. The molecule has 1 aliphatic carbocycles. The zero-order chi connectivity index (χ0) is 8.55. The van der Waals surface area contributed by atoms with Crippen molar-refractivity contribution in [2.75, 3.05) is 0 Å². The van der Waals surface area contributed by atoms with Gasteiger partial charge in [0.25, 0.3) is 0 Å². The third-order valence-electron chi connectivity index (χ3n) is 2.12. The summed E-state index contributed by atoms with van der Waals surface area (Å²) in [6, 6.07) is 4.58. The highest BCUT2D eigenvalue weighted by molar-refractivity contribution is 5.43. The highest BCUT2D eigenvalue weighted by atomic mass is 19.1. The molecule has 3 heteroatoms. The molecule has 1 aromatic rings. The Bertz CT molecular complexity index is 320. The van der Waals surface area contributed by atoms with Crippen molar-refractivity contribution in [1.82, 2.24) is 0 Å². The van der Waals surface area contributed by atoms with Crippen molar-refractivity contribution in [2.24, 2.45) is 5.18 Å². The summed E-state index contributed by atoms with van der Waals surface area (Å²) in [5.74, 6) is 0.000463. The van der Waals surface area contributed by atoms with Gasteiger partial charge in [-0.2, -0.15) is 0 Å². The van der Waals surface area contributed by atoms with Crippen molar-refractivity contribution < 1.29 is 4.39 Å². The molecule has 0 unspecified atom stereocenters. The first-order valence-electron chi connectivity index (χ1n) is 3.94. The third kappa shape index (κ3) is 1.22. The number of benzene rings is 1. The minimum Gasteiger partial charge on any atom is -0.204 e. The van der Waals surface area contributed by atoms with Gasteiger partial charge in [0.05, 0.1) is 0 Å². The lowest BCUT2D eigenvalue weighted by Crippen LogP contribution is -1.81. The van der Waals surface area contributed by atoms with Gasteiger partial charge in [0.1, 0.15) is 5.69 Å². The topological polar surface area (TPSA) is 29.4 Å². The Morgan fingerprint density at radius 3 is 2.75 bits per heavy atom. The first-order chi connectivity index (χ1) is 5.81. The fourth-order valence-corrected chi connectivity index (χ4v) is 1.27. The van der Waals surface area contributed by atoms with Crippen LogP contribution in [0.3, 0.4) is 0 Å². The Morgan fingerprint density at radius 2 is 2.17 bits per heavy atom. The van der Waals surface area contributed by atoms with Crippen LogP contribution in [0, 0.1) is 10.7 Å². The first-order valence-corrected chi connectivity index (χ1v) is 3.94. The highest BCUT2D eigenvalue weighted by Crippen LogP contribution is 2.41. The molecule has 0 bridgehead atoms. The number of hydrogen-bond acceptors (Lipinski definition) is 2. The van der Waals surface area contributed by atoms with Gasteiger partial charge in [-0.25, -0.2) is 4.39 Å². The molecule has 0 N–H and O–H groups in total. The molecule has 0 amide bonds. The van der Waals surface area contributed by atoms with Crippen molar-refractivity contribution in [3.8, 4) is 0 Å². The summed E-state index contributed by atoms with van der Waals surface area (Å²) >= 11 is 0. The number of nitrogens with zero attached hydrogens (tertiary/aromatic N) is 1. The van der Waals surface area contributed by atoms with E-state index in [-0.39, 0.29) is 5.69 Å². The Hall–Kier alpha value is -1.25. The van der Waals surface area contributed by atoms with E-state index < -0.39 is 5.82 Å². The maximum atomic E-state index is 12.8. The summed E-state index contributed by atoms with van der Waals surface area (Å²) in [6.07, 6.45) is 2.29. The zero-order valence-electron chi connectivity index (χ0n) is 6.46. The molecule has 0 atom stereocenters. The summed E-state index contributed by atoms with van der Waals surface area (Å²) in [7, 11) is 0. The Kier molecular flexibility index (Phi) is 1.64. The molecule has 0 aromatic heterocycles. The van der Waals surface area contributed by atoms with E-state index in [1.807, 2.05) is 0 Å². The van der Waals surface area contributed by atoms with E-state index in [0.29, 0.717) is 5.92 Å². The van der Waals surface area contributed by atoms with Crippen LogP contribution in [-0.2, 0) is 0 Å². The van der Waals surface area contributed by atoms with Gasteiger partial charge in [-0.05, 0) is 41.6 Å². The van der Waals surface area contributed by atoms with E-state index in [4.69, 9.17) is 0 Å². The molecule has 2 nitrogen and oxygen atoms in total. The van der Waals surface area contributed by atoms with Crippen LogP contribution in [0.5, 0.6) is 0 Å². The van der Waals surface area contributed by atoms with Gasteiger partial charge < -0.3 is 0 Å². The number of halogens is 1. The Morgan fingerprint density at radius 1 is 1.42 bits per heavy atom. The van der Waals surface area contributed by atoms with E-state index in [0.717, 1.165) is 18.4 Å². The smallest absolute Gasteiger partial charge is 0.152 e. The van der Waals surface area contributed by atoms with Crippen LogP contribution in [0.4, 0.5) is 10.1 Å². The van der Waals surface area contributed by atoms with E-state index >= 15 is 0 Å². The molecule has 0 aliphatic heterocycles. The lowest BCUT2D eigenvalue weighted by Gasteiger charge is -1.98. The predicted octanol–water partition coefficient (Wildman–Crippen LogP) is 3.10. The molecule has 62 valence electrons. The third-order valence-corrected chi connectivity index (χ3v) is 2.12. The minimum absolute atomic E-state index is 0.0700. The number of hydrogen-bond donors (Lipinski definition) is 0. The van der Waals surface area contributed by atoms with Crippen LogP contribution in [0.1, 0.15) is 24.3 Å². The van der Waals surface area contributed by atoms with Gasteiger partial charge in [0.2, 0.25) is 0 Å². The van der Waals surface area contributed by atoms with Crippen molar-refractivity contribution in [3.05, 3.63) is 34.5 Å². The average molecular weight is 165 g/mol. The molecule has 2 rings (SSSR count). The Labute approximate surface area is 69.4 Å². The van der Waals surface area contributed by atoms with Crippen molar-refractivity contribution in [1.29, 1.82) is 0 Å². The maximum Gasteiger partial charge on any atom is 0.152 e. The maximum absolute atomic E-state index is 12.8. The van der Waals surface area contributed by atoms with Gasteiger partial charge in [-0.1, -0.05) is 6.07 Å². The van der Waals surface area contributed by atoms with E-state index in [1.165, 1.54) is 6.07 Å². The SMILES string of the molecule is O=Nc1cc(C2CC2)ccc1F. The molecule has 0 radical (unpaired) electrons. The highest BCUT2D eigenvalue weighted by Gasteiger charge is 2.24. The standard InChI is InChI=1S/C9H8FNO/c10-8-4-3-7(6-1-2-6)5-9(8)11-12/h3-6H,1-2H2. The predicted molar refractivity (Wildman–Crippen MR) is 43.8 cm³/mol.